The van der Waals surface area contributed by atoms with E-state index < -0.39 is 0 Å². The van der Waals surface area contributed by atoms with E-state index >= 15 is 0 Å². The number of carbonyl (C=O) groups excluding carboxylic acids is 1. The fourth-order valence-electron chi connectivity index (χ4n) is 3.46. The monoisotopic (exact) mass is 381 g/mol. The average molecular weight is 382 g/mol. The molecule has 2 aromatic heterocycles. The highest BCUT2D eigenvalue weighted by molar-refractivity contribution is 7.18. The maximum Gasteiger partial charge on any atom is 0.225 e. The predicted octanol–water partition coefficient (Wildman–Crippen LogP) is 3.19. The number of fused-ring (bicyclic) bond motifs is 1. The Labute approximate surface area is 162 Å². The first-order valence-corrected chi connectivity index (χ1v) is 10.3. The maximum atomic E-state index is 12.3. The van der Waals surface area contributed by atoms with Crippen LogP contribution in [0.2, 0.25) is 0 Å². The quantitative estimate of drug-likeness (QED) is 0.710. The van der Waals surface area contributed by atoms with E-state index in [2.05, 4.69) is 31.2 Å². The van der Waals surface area contributed by atoms with Gasteiger partial charge in [0.05, 0.1) is 15.2 Å². The molecule has 7 heteroatoms. The molecule has 140 valence electrons. The Hall–Kier alpha value is -2.54. The number of nitrogens with one attached hydrogen (secondary N) is 1. The van der Waals surface area contributed by atoms with Crippen molar-refractivity contribution in [2.75, 3.05) is 18.0 Å². The molecule has 1 aliphatic rings. The minimum Gasteiger partial charge on any atom is -0.352 e. The van der Waals surface area contributed by atoms with Crippen molar-refractivity contribution in [3.05, 3.63) is 47.7 Å². The largest absolute Gasteiger partial charge is 0.352 e. The highest BCUT2D eigenvalue weighted by Crippen LogP contribution is 2.22. The molecule has 4 rings (SSSR count). The summed E-state index contributed by atoms with van der Waals surface area (Å²) in [7, 11) is 0. The first-order valence-electron chi connectivity index (χ1n) is 9.44. The Morgan fingerprint density at radius 2 is 2.07 bits per heavy atom. The van der Waals surface area contributed by atoms with Gasteiger partial charge in [-0.25, -0.2) is 15.0 Å². The second kappa shape index (κ2) is 8.43. The lowest BCUT2D eigenvalue weighted by atomic mass is 10.1. The fourth-order valence-corrected chi connectivity index (χ4v) is 4.47. The third-order valence-electron chi connectivity index (χ3n) is 4.75. The second-order valence-corrected chi connectivity index (χ2v) is 7.95. The van der Waals surface area contributed by atoms with Crippen LogP contribution in [0.25, 0.3) is 10.2 Å². The first kappa shape index (κ1) is 17.9. The Morgan fingerprint density at radius 3 is 2.93 bits per heavy atom. The molecule has 1 fully saturated rings. The molecule has 27 heavy (non-hydrogen) atoms. The van der Waals surface area contributed by atoms with Crippen LogP contribution in [0, 0.1) is 0 Å². The summed E-state index contributed by atoms with van der Waals surface area (Å²) >= 11 is 1.72. The van der Waals surface area contributed by atoms with Crippen molar-refractivity contribution in [3.8, 4) is 0 Å². The summed E-state index contributed by atoms with van der Waals surface area (Å²) in [5, 5.41) is 4.28. The molecule has 3 heterocycles. The van der Waals surface area contributed by atoms with Crippen LogP contribution >= 0.6 is 11.3 Å². The van der Waals surface area contributed by atoms with Gasteiger partial charge in [0, 0.05) is 37.9 Å². The number of nitrogens with zero attached hydrogens (tertiary/aromatic N) is 4. The van der Waals surface area contributed by atoms with E-state index in [-0.39, 0.29) is 11.9 Å². The third-order valence-corrected chi connectivity index (χ3v) is 5.85. The molecule has 0 saturated carbocycles. The first-order chi connectivity index (χ1) is 13.3. The van der Waals surface area contributed by atoms with Crippen molar-refractivity contribution in [3.63, 3.8) is 0 Å². The summed E-state index contributed by atoms with van der Waals surface area (Å²) in [6.45, 7) is 1.71. The molecule has 1 saturated heterocycles. The zero-order valence-corrected chi connectivity index (χ0v) is 16.0. The minimum absolute atomic E-state index is 0.122. The lowest BCUT2D eigenvalue weighted by Crippen LogP contribution is -2.48. The lowest BCUT2D eigenvalue weighted by molar-refractivity contribution is -0.121. The van der Waals surface area contributed by atoms with Crippen LogP contribution in [-0.4, -0.2) is 40.0 Å². The van der Waals surface area contributed by atoms with Gasteiger partial charge in [-0.1, -0.05) is 12.1 Å². The van der Waals surface area contributed by atoms with Gasteiger partial charge in [-0.05, 0) is 43.9 Å². The van der Waals surface area contributed by atoms with Gasteiger partial charge in [-0.15, -0.1) is 11.3 Å². The van der Waals surface area contributed by atoms with Crippen molar-refractivity contribution in [1.82, 2.24) is 20.3 Å². The summed E-state index contributed by atoms with van der Waals surface area (Å²) in [6, 6.07) is 10.1. The molecule has 1 aromatic carbocycles. The standard InChI is InChI=1S/C20H23N5OS/c26-18(9-3-10-19-24-16-7-1-2-8-17(16)27-19)23-15-6-4-13-25(14-15)20-21-11-5-12-22-20/h1-2,5,7-8,11-12,15H,3-4,6,9-10,13-14H2,(H,23,26). The molecule has 0 spiro atoms. The third kappa shape index (κ3) is 4.60. The molecule has 1 N–H and O–H groups in total. The van der Waals surface area contributed by atoms with Crippen molar-refractivity contribution in [1.29, 1.82) is 0 Å². The van der Waals surface area contributed by atoms with Gasteiger partial charge in [0.1, 0.15) is 0 Å². The summed E-state index contributed by atoms with van der Waals surface area (Å²) in [6.07, 6.45) is 7.76. The van der Waals surface area contributed by atoms with Gasteiger partial charge in [0.15, 0.2) is 0 Å². The minimum atomic E-state index is 0.122. The summed E-state index contributed by atoms with van der Waals surface area (Å²) in [5.74, 6) is 0.865. The molecule has 6 nitrogen and oxygen atoms in total. The number of piperidine rings is 1. The number of benzene rings is 1. The molecule has 0 bridgehead atoms. The van der Waals surface area contributed by atoms with E-state index in [9.17, 15) is 4.79 Å². The molecular weight excluding hydrogens is 358 g/mol. The number of amides is 1. The van der Waals surface area contributed by atoms with Crippen LogP contribution in [-0.2, 0) is 11.2 Å². The Morgan fingerprint density at radius 1 is 1.22 bits per heavy atom. The van der Waals surface area contributed by atoms with E-state index in [1.165, 1.54) is 4.70 Å². The predicted molar refractivity (Wildman–Crippen MR) is 108 cm³/mol. The number of para-hydroxylation sites is 1. The SMILES string of the molecule is O=C(CCCc1nc2ccccc2s1)NC1CCCN(c2ncccn2)C1. The molecule has 3 aromatic rings. The zero-order valence-electron chi connectivity index (χ0n) is 15.2. The van der Waals surface area contributed by atoms with E-state index in [0.29, 0.717) is 6.42 Å². The number of hydrogen-bond acceptors (Lipinski definition) is 6. The molecule has 1 amide bonds. The number of hydrogen-bond donors (Lipinski definition) is 1. The lowest BCUT2D eigenvalue weighted by Gasteiger charge is -2.33. The number of thiazole rings is 1. The molecule has 1 unspecified atom stereocenters. The Balaban J connectivity index is 1.24. The number of carbonyl (C=O) groups is 1. The summed E-state index contributed by atoms with van der Waals surface area (Å²) in [5.41, 5.74) is 1.05. The molecule has 0 radical (unpaired) electrons. The van der Waals surface area contributed by atoms with Crippen molar-refractivity contribution < 1.29 is 4.79 Å². The highest BCUT2D eigenvalue weighted by Gasteiger charge is 2.22. The van der Waals surface area contributed by atoms with Crippen molar-refractivity contribution >= 4 is 33.4 Å². The van der Waals surface area contributed by atoms with Gasteiger partial charge < -0.3 is 10.2 Å². The molecule has 1 aliphatic heterocycles. The average Bonchev–Trinajstić information content (AvgIpc) is 3.11. The summed E-state index contributed by atoms with van der Waals surface area (Å²) in [4.78, 5) is 27.7. The normalized spacial score (nSPS) is 17.2. The van der Waals surface area contributed by atoms with Crippen LogP contribution in [0.1, 0.15) is 30.7 Å². The van der Waals surface area contributed by atoms with Crippen LogP contribution in [0.15, 0.2) is 42.7 Å². The number of rotatable bonds is 6. The zero-order chi connectivity index (χ0) is 18.5. The van der Waals surface area contributed by atoms with Crippen molar-refractivity contribution in [2.45, 2.75) is 38.1 Å². The van der Waals surface area contributed by atoms with Gasteiger partial charge in [0.25, 0.3) is 0 Å². The van der Waals surface area contributed by atoms with E-state index in [1.54, 1.807) is 23.7 Å². The van der Waals surface area contributed by atoms with E-state index in [4.69, 9.17) is 0 Å². The molecular formula is C20H23N5OS. The van der Waals surface area contributed by atoms with Crippen LogP contribution in [0.3, 0.4) is 0 Å². The topological polar surface area (TPSA) is 71.0 Å². The van der Waals surface area contributed by atoms with E-state index in [1.807, 2.05) is 24.3 Å². The Kier molecular flexibility index (Phi) is 5.58. The van der Waals surface area contributed by atoms with Gasteiger partial charge in [-0.3, -0.25) is 4.79 Å². The molecule has 1 atom stereocenters. The number of anilines is 1. The second-order valence-electron chi connectivity index (χ2n) is 6.83. The van der Waals surface area contributed by atoms with Gasteiger partial charge in [-0.2, -0.15) is 0 Å². The smallest absolute Gasteiger partial charge is 0.225 e. The van der Waals surface area contributed by atoms with Crippen LogP contribution < -0.4 is 10.2 Å². The van der Waals surface area contributed by atoms with E-state index in [0.717, 1.165) is 55.2 Å². The molecule has 0 aliphatic carbocycles. The van der Waals surface area contributed by atoms with Gasteiger partial charge in [0.2, 0.25) is 11.9 Å². The van der Waals surface area contributed by atoms with Crippen LogP contribution in [0.4, 0.5) is 5.95 Å². The number of aryl methyl sites for hydroxylation is 1. The highest BCUT2D eigenvalue weighted by atomic mass is 32.1. The summed E-state index contributed by atoms with van der Waals surface area (Å²) < 4.78 is 1.21. The van der Waals surface area contributed by atoms with Crippen LogP contribution in [0.5, 0.6) is 0 Å². The fraction of sp³-hybridized carbons (Fsp3) is 0.400. The van der Waals surface area contributed by atoms with Gasteiger partial charge >= 0.3 is 0 Å². The number of aromatic nitrogens is 3. The maximum absolute atomic E-state index is 12.3. The Bertz CT molecular complexity index is 865. The van der Waals surface area contributed by atoms with Crippen molar-refractivity contribution in [2.24, 2.45) is 0 Å².